The van der Waals surface area contributed by atoms with Crippen molar-refractivity contribution in [1.82, 2.24) is 0 Å². The van der Waals surface area contributed by atoms with Crippen molar-refractivity contribution in [1.29, 1.82) is 0 Å². The molecule has 0 aromatic heterocycles. The molecule has 0 heterocycles. The SMILES string of the molecule is C#SC(/C(=C\C(=C=C)C(C)C)c1ccccc1)=C(/CN)OC. The Labute approximate surface area is 137 Å². The first kappa shape index (κ1) is 18.0. The monoisotopic (exact) mass is 313 g/mol. The lowest BCUT2D eigenvalue weighted by Crippen LogP contribution is -2.07. The van der Waals surface area contributed by atoms with Gasteiger partial charge in [0.25, 0.3) is 0 Å². The minimum Gasteiger partial charge on any atom is -0.498 e. The van der Waals surface area contributed by atoms with Crippen molar-refractivity contribution in [3.05, 3.63) is 70.5 Å². The quantitative estimate of drug-likeness (QED) is 0.474. The van der Waals surface area contributed by atoms with Crippen molar-refractivity contribution in [3.63, 3.8) is 0 Å². The van der Waals surface area contributed by atoms with E-state index in [1.807, 2.05) is 30.3 Å². The lowest BCUT2D eigenvalue weighted by Gasteiger charge is -2.14. The average Bonchev–Trinajstić information content (AvgIpc) is 2.55. The van der Waals surface area contributed by atoms with E-state index in [0.717, 1.165) is 32.8 Å². The summed E-state index contributed by atoms with van der Waals surface area (Å²) in [6.45, 7) is 8.28. The number of rotatable bonds is 6. The van der Waals surface area contributed by atoms with E-state index in [4.69, 9.17) is 16.2 Å². The van der Waals surface area contributed by atoms with Crippen LogP contribution in [0, 0.1) is 11.6 Å². The lowest BCUT2D eigenvalue weighted by atomic mass is 9.97. The fourth-order valence-corrected chi connectivity index (χ4v) is 2.63. The van der Waals surface area contributed by atoms with Crippen LogP contribution in [-0.2, 0) is 4.74 Å². The van der Waals surface area contributed by atoms with Crippen LogP contribution in [0.5, 0.6) is 0 Å². The molecule has 22 heavy (non-hydrogen) atoms. The molecule has 3 heteroatoms. The van der Waals surface area contributed by atoms with Crippen LogP contribution in [0.4, 0.5) is 0 Å². The van der Waals surface area contributed by atoms with Crippen LogP contribution in [0.1, 0.15) is 19.4 Å². The molecule has 0 unspecified atom stereocenters. The molecule has 0 aliphatic rings. The van der Waals surface area contributed by atoms with Gasteiger partial charge in [-0.2, -0.15) is 0 Å². The van der Waals surface area contributed by atoms with Crippen LogP contribution in [0.3, 0.4) is 0 Å². The summed E-state index contributed by atoms with van der Waals surface area (Å²) in [7, 11) is 1.60. The third-order valence-corrected chi connectivity index (χ3v) is 3.94. The van der Waals surface area contributed by atoms with Crippen LogP contribution >= 0.6 is 11.2 Å². The molecule has 2 nitrogen and oxygen atoms in total. The molecular formula is C19H23NOS. The van der Waals surface area contributed by atoms with Gasteiger partial charge in [0, 0.05) is 5.57 Å². The number of benzene rings is 1. The predicted molar refractivity (Wildman–Crippen MR) is 97.5 cm³/mol. The molecular weight excluding hydrogens is 290 g/mol. The maximum atomic E-state index is 5.89. The standard InChI is InChI=1S/C19H23NOS/c1-6-15(14(2)3)12-17(16-10-8-7-9-11-16)19(22-5)18(13-20)21-4/h5,7-12,14H,1,13,20H2,2-4H3/b17-12-,19-18-. The van der Waals surface area contributed by atoms with Crippen molar-refractivity contribution in [2.75, 3.05) is 13.7 Å². The molecule has 0 radical (unpaired) electrons. The summed E-state index contributed by atoms with van der Waals surface area (Å²) >= 11 is 1.14. The zero-order chi connectivity index (χ0) is 16.5. The fourth-order valence-electron chi connectivity index (χ4n) is 2.02. The molecule has 0 fully saturated rings. The van der Waals surface area contributed by atoms with Gasteiger partial charge in [0.1, 0.15) is 5.76 Å². The highest BCUT2D eigenvalue weighted by molar-refractivity contribution is 7.93. The first-order valence-electron chi connectivity index (χ1n) is 7.10. The number of methoxy groups -OCH3 is 1. The van der Waals surface area contributed by atoms with Crippen molar-refractivity contribution in [3.8, 4) is 5.69 Å². The van der Waals surface area contributed by atoms with Gasteiger partial charge in [0.2, 0.25) is 0 Å². The van der Waals surface area contributed by atoms with Crippen molar-refractivity contribution >= 4 is 16.7 Å². The van der Waals surface area contributed by atoms with E-state index >= 15 is 0 Å². The summed E-state index contributed by atoms with van der Waals surface area (Å²) in [6.07, 6.45) is 2.05. The Hall–Kier alpha value is -2.02. The molecule has 1 rings (SSSR count). The van der Waals surface area contributed by atoms with Crippen LogP contribution in [0.2, 0.25) is 0 Å². The van der Waals surface area contributed by atoms with E-state index in [1.165, 1.54) is 0 Å². The highest BCUT2D eigenvalue weighted by Gasteiger charge is 2.13. The van der Waals surface area contributed by atoms with Gasteiger partial charge >= 0.3 is 0 Å². The average molecular weight is 313 g/mol. The zero-order valence-corrected chi connectivity index (χ0v) is 14.2. The summed E-state index contributed by atoms with van der Waals surface area (Å²) in [5, 5.41) is 0. The smallest absolute Gasteiger partial charge is 0.127 e. The Morgan fingerprint density at radius 1 is 1.41 bits per heavy atom. The second kappa shape index (κ2) is 9.09. The first-order valence-corrected chi connectivity index (χ1v) is 7.98. The Morgan fingerprint density at radius 3 is 2.45 bits per heavy atom. The minimum absolute atomic E-state index is 0.287. The predicted octanol–water partition coefficient (Wildman–Crippen LogP) is 4.58. The van der Waals surface area contributed by atoms with Crippen LogP contribution < -0.4 is 5.73 Å². The highest BCUT2D eigenvalue weighted by Crippen LogP contribution is 2.32. The molecule has 0 aliphatic heterocycles. The number of nitrogens with two attached hydrogens (primary N) is 1. The molecule has 0 bridgehead atoms. The van der Waals surface area contributed by atoms with E-state index in [2.05, 4.69) is 32.2 Å². The zero-order valence-electron chi connectivity index (χ0n) is 13.4. The van der Waals surface area contributed by atoms with Gasteiger partial charge < -0.3 is 10.5 Å². The molecule has 1 aromatic rings. The van der Waals surface area contributed by atoms with E-state index in [9.17, 15) is 0 Å². The second-order valence-electron chi connectivity index (χ2n) is 4.99. The Morgan fingerprint density at radius 2 is 2.05 bits per heavy atom. The maximum absolute atomic E-state index is 5.89. The van der Waals surface area contributed by atoms with Gasteiger partial charge in [0.15, 0.2) is 0 Å². The molecule has 0 aliphatic carbocycles. The molecule has 0 atom stereocenters. The van der Waals surface area contributed by atoms with Crippen LogP contribution in [0.25, 0.3) is 5.57 Å². The van der Waals surface area contributed by atoms with Gasteiger partial charge in [-0.15, -0.1) is 11.4 Å². The van der Waals surface area contributed by atoms with Crippen molar-refractivity contribution < 1.29 is 4.74 Å². The summed E-state index contributed by atoms with van der Waals surface area (Å²) in [6, 6.07) is 10.0. The molecule has 2 N–H and O–H groups in total. The van der Waals surface area contributed by atoms with Gasteiger partial charge in [-0.25, -0.2) is 0 Å². The molecule has 0 saturated carbocycles. The Bertz CT molecular complexity index is 650. The topological polar surface area (TPSA) is 35.2 Å². The van der Waals surface area contributed by atoms with E-state index in [0.29, 0.717) is 11.7 Å². The Balaban J connectivity index is 3.62. The van der Waals surface area contributed by atoms with Crippen LogP contribution in [-0.4, -0.2) is 13.7 Å². The van der Waals surface area contributed by atoms with Crippen molar-refractivity contribution in [2.45, 2.75) is 13.8 Å². The molecule has 116 valence electrons. The normalized spacial score (nSPS) is 12.5. The number of hydrogen-bond donors (Lipinski definition) is 1. The largest absolute Gasteiger partial charge is 0.498 e. The number of hydrogen-bond acceptors (Lipinski definition) is 2. The van der Waals surface area contributed by atoms with Crippen LogP contribution in [0.15, 0.2) is 65.0 Å². The molecule has 0 amide bonds. The summed E-state index contributed by atoms with van der Waals surface area (Å²) in [5.74, 6) is 0.971. The fraction of sp³-hybridized carbons (Fsp3) is 0.263. The third-order valence-electron chi connectivity index (χ3n) is 3.26. The van der Waals surface area contributed by atoms with Gasteiger partial charge in [0.05, 0.1) is 18.6 Å². The van der Waals surface area contributed by atoms with Crippen molar-refractivity contribution in [2.24, 2.45) is 11.7 Å². The molecule has 0 spiro atoms. The number of allylic oxidation sites excluding steroid dienone is 3. The lowest BCUT2D eigenvalue weighted by molar-refractivity contribution is 0.286. The van der Waals surface area contributed by atoms with Gasteiger partial charge in [-0.05, 0) is 23.1 Å². The maximum Gasteiger partial charge on any atom is 0.127 e. The Kier molecular flexibility index (Phi) is 7.45. The van der Waals surface area contributed by atoms with Gasteiger partial charge in [-0.1, -0.05) is 61.9 Å². The number of ether oxygens (including phenoxy) is 1. The van der Waals surface area contributed by atoms with E-state index in [-0.39, 0.29) is 6.54 Å². The molecule has 0 saturated heterocycles. The highest BCUT2D eigenvalue weighted by atomic mass is 32.1. The third kappa shape index (κ3) is 4.49. The minimum atomic E-state index is 0.287. The van der Waals surface area contributed by atoms with Gasteiger partial charge in [-0.3, -0.25) is 0 Å². The summed E-state index contributed by atoms with van der Waals surface area (Å²) in [5.41, 5.74) is 17.7. The molecule has 1 aromatic carbocycles. The summed E-state index contributed by atoms with van der Waals surface area (Å²) < 4.78 is 5.40. The first-order chi connectivity index (χ1) is 10.6. The summed E-state index contributed by atoms with van der Waals surface area (Å²) in [4.78, 5) is 0.824. The second-order valence-corrected chi connectivity index (χ2v) is 5.63. The van der Waals surface area contributed by atoms with E-state index < -0.39 is 0 Å². The van der Waals surface area contributed by atoms with E-state index in [1.54, 1.807) is 7.11 Å².